The highest BCUT2D eigenvalue weighted by Gasteiger charge is 2.74. The van der Waals surface area contributed by atoms with Crippen LogP contribution in [0.2, 0.25) is 0 Å². The molecule has 0 N–H and O–H groups in total. The molecule has 0 amide bonds. The summed E-state index contributed by atoms with van der Waals surface area (Å²) in [6.45, 7) is 2.85. The first kappa shape index (κ1) is 8.27. The van der Waals surface area contributed by atoms with E-state index in [4.69, 9.17) is 5.53 Å². The first-order valence-corrected chi connectivity index (χ1v) is 3.33. The highest BCUT2D eigenvalue weighted by molar-refractivity contribution is 5.13. The molecule has 62 valence electrons. The van der Waals surface area contributed by atoms with Gasteiger partial charge in [-0.05, 0) is 5.53 Å². The molecule has 0 aromatic heterocycles. The Balaban J connectivity index is 2.60. The van der Waals surface area contributed by atoms with Crippen molar-refractivity contribution >= 4 is 0 Å². The van der Waals surface area contributed by atoms with Crippen LogP contribution in [0.25, 0.3) is 10.4 Å². The maximum absolute atomic E-state index is 12.7. The van der Waals surface area contributed by atoms with Gasteiger partial charge in [0.1, 0.15) is 0 Å². The van der Waals surface area contributed by atoms with Gasteiger partial charge in [-0.1, -0.05) is 19.0 Å². The molecule has 11 heavy (non-hydrogen) atoms. The van der Waals surface area contributed by atoms with Crippen LogP contribution in [0.5, 0.6) is 0 Å². The summed E-state index contributed by atoms with van der Waals surface area (Å²) in [7, 11) is 0. The van der Waals surface area contributed by atoms with Gasteiger partial charge in [-0.15, -0.1) is 0 Å². The predicted molar refractivity (Wildman–Crippen MR) is 36.2 cm³/mol. The van der Waals surface area contributed by atoms with Crippen LogP contribution in [-0.4, -0.2) is 12.5 Å². The molecule has 0 heterocycles. The van der Waals surface area contributed by atoms with E-state index in [0.29, 0.717) is 0 Å². The van der Waals surface area contributed by atoms with Crippen molar-refractivity contribution in [2.24, 2.45) is 16.4 Å². The fourth-order valence-corrected chi connectivity index (χ4v) is 1.22. The molecule has 1 saturated carbocycles. The van der Waals surface area contributed by atoms with Crippen molar-refractivity contribution in [3.8, 4) is 0 Å². The Bertz CT molecular complexity index is 204. The van der Waals surface area contributed by atoms with Gasteiger partial charge < -0.3 is 0 Å². The second-order valence-electron chi connectivity index (χ2n) is 3.31. The van der Waals surface area contributed by atoms with E-state index in [1.807, 2.05) is 0 Å². The zero-order chi connectivity index (χ0) is 8.70. The third kappa shape index (κ3) is 0.959. The van der Waals surface area contributed by atoms with Crippen molar-refractivity contribution in [3.63, 3.8) is 0 Å². The minimum Gasteiger partial charge on any atom is -0.206 e. The molecule has 1 aliphatic carbocycles. The normalized spacial score (nSPS) is 30.7. The van der Waals surface area contributed by atoms with Crippen LogP contribution in [0, 0.1) is 11.3 Å². The number of azide groups is 1. The van der Waals surface area contributed by atoms with E-state index in [2.05, 4.69) is 10.0 Å². The molecule has 0 saturated heterocycles. The van der Waals surface area contributed by atoms with E-state index < -0.39 is 17.3 Å². The molecule has 3 nitrogen and oxygen atoms in total. The van der Waals surface area contributed by atoms with Crippen molar-refractivity contribution in [1.29, 1.82) is 0 Å². The zero-order valence-corrected chi connectivity index (χ0v) is 6.38. The topological polar surface area (TPSA) is 48.8 Å². The van der Waals surface area contributed by atoms with E-state index >= 15 is 0 Å². The summed E-state index contributed by atoms with van der Waals surface area (Å²) in [4.78, 5) is 2.44. The number of nitrogens with zero attached hydrogens (tertiary/aromatic N) is 3. The SMILES string of the molecule is CC1(C)C(CN=[N+]=[N-])C1(F)F. The molecular formula is C6H9F2N3. The van der Waals surface area contributed by atoms with Crippen LogP contribution < -0.4 is 0 Å². The van der Waals surface area contributed by atoms with Gasteiger partial charge in [0.25, 0.3) is 5.92 Å². The molecule has 0 radical (unpaired) electrons. The van der Waals surface area contributed by atoms with Crippen LogP contribution in [-0.2, 0) is 0 Å². The van der Waals surface area contributed by atoms with Crippen LogP contribution in [0.4, 0.5) is 8.78 Å². The average Bonchev–Trinajstić information content (AvgIpc) is 2.23. The number of hydrogen-bond donors (Lipinski definition) is 0. The standard InChI is InChI=1S/C6H9F2N3/c1-5(2)4(3-10-11-9)6(5,7)8/h4H,3H2,1-2H3. The van der Waals surface area contributed by atoms with Crippen molar-refractivity contribution in [2.45, 2.75) is 19.8 Å². The predicted octanol–water partition coefficient (Wildman–Crippen LogP) is 2.59. The van der Waals surface area contributed by atoms with Gasteiger partial charge in [0.2, 0.25) is 0 Å². The van der Waals surface area contributed by atoms with Gasteiger partial charge in [-0.25, -0.2) is 8.78 Å². The monoisotopic (exact) mass is 161 g/mol. The Morgan fingerprint density at radius 3 is 2.27 bits per heavy atom. The highest BCUT2D eigenvalue weighted by Crippen LogP contribution is 2.65. The van der Waals surface area contributed by atoms with Crippen LogP contribution in [0.3, 0.4) is 0 Å². The summed E-state index contributed by atoms with van der Waals surface area (Å²) in [5.74, 6) is -3.42. The van der Waals surface area contributed by atoms with Gasteiger partial charge in [-0.2, -0.15) is 0 Å². The number of hydrogen-bond acceptors (Lipinski definition) is 1. The van der Waals surface area contributed by atoms with Gasteiger partial charge in [0.05, 0.1) is 0 Å². The zero-order valence-electron chi connectivity index (χ0n) is 6.38. The lowest BCUT2D eigenvalue weighted by molar-refractivity contribution is 0.0674. The quantitative estimate of drug-likeness (QED) is 0.339. The molecule has 0 aromatic rings. The van der Waals surface area contributed by atoms with Crippen molar-refractivity contribution in [1.82, 2.24) is 0 Å². The second-order valence-corrected chi connectivity index (χ2v) is 3.31. The molecule has 1 unspecified atom stereocenters. The average molecular weight is 161 g/mol. The molecule has 1 atom stereocenters. The largest absolute Gasteiger partial charge is 0.257 e. The lowest BCUT2D eigenvalue weighted by Crippen LogP contribution is -1.99. The van der Waals surface area contributed by atoms with Crippen molar-refractivity contribution in [3.05, 3.63) is 10.4 Å². The lowest BCUT2D eigenvalue weighted by atomic mass is 10.1. The van der Waals surface area contributed by atoms with E-state index in [1.165, 1.54) is 13.8 Å². The van der Waals surface area contributed by atoms with Crippen LogP contribution >= 0.6 is 0 Å². The van der Waals surface area contributed by atoms with Crippen molar-refractivity contribution < 1.29 is 8.78 Å². The minimum absolute atomic E-state index is 0.101. The summed E-state index contributed by atoms with van der Waals surface area (Å²) in [6.07, 6.45) is 0. The summed E-state index contributed by atoms with van der Waals surface area (Å²) in [5.41, 5.74) is 6.91. The lowest BCUT2D eigenvalue weighted by Gasteiger charge is -1.96. The van der Waals surface area contributed by atoms with E-state index in [-0.39, 0.29) is 6.54 Å². The molecule has 0 aliphatic heterocycles. The first-order valence-electron chi connectivity index (χ1n) is 3.33. The van der Waals surface area contributed by atoms with E-state index in [9.17, 15) is 8.78 Å². The van der Waals surface area contributed by atoms with Gasteiger partial charge >= 0.3 is 0 Å². The van der Waals surface area contributed by atoms with Gasteiger partial charge in [0.15, 0.2) is 0 Å². The summed E-state index contributed by atoms with van der Waals surface area (Å²) in [5, 5.41) is 3.13. The van der Waals surface area contributed by atoms with Crippen molar-refractivity contribution in [2.75, 3.05) is 6.54 Å². The Morgan fingerprint density at radius 2 is 2.00 bits per heavy atom. The minimum atomic E-state index is -2.65. The number of halogens is 2. The Labute approximate surface area is 63.0 Å². The van der Waals surface area contributed by atoms with Gasteiger partial charge in [-0.3, -0.25) is 0 Å². The molecule has 5 heteroatoms. The Kier molecular flexibility index (Phi) is 1.56. The Morgan fingerprint density at radius 1 is 1.55 bits per heavy atom. The molecule has 0 spiro atoms. The molecule has 1 rings (SSSR count). The molecule has 1 fully saturated rings. The smallest absolute Gasteiger partial charge is 0.206 e. The maximum atomic E-state index is 12.7. The third-order valence-electron chi connectivity index (χ3n) is 2.41. The fourth-order valence-electron chi connectivity index (χ4n) is 1.22. The van der Waals surface area contributed by atoms with Crippen LogP contribution in [0.1, 0.15) is 13.8 Å². The van der Waals surface area contributed by atoms with Gasteiger partial charge in [0, 0.05) is 22.8 Å². The fraction of sp³-hybridized carbons (Fsp3) is 1.00. The summed E-state index contributed by atoms with van der Waals surface area (Å²) >= 11 is 0. The number of alkyl halides is 2. The Hall–Kier alpha value is -0.830. The molecule has 1 aliphatic rings. The molecule has 0 aromatic carbocycles. The highest BCUT2D eigenvalue weighted by atomic mass is 19.3. The van der Waals surface area contributed by atoms with Crippen LogP contribution in [0.15, 0.2) is 5.11 Å². The molecular weight excluding hydrogens is 152 g/mol. The molecule has 0 bridgehead atoms. The maximum Gasteiger partial charge on any atom is 0.257 e. The third-order valence-corrected chi connectivity index (χ3v) is 2.41. The number of rotatable bonds is 2. The van der Waals surface area contributed by atoms with E-state index in [1.54, 1.807) is 0 Å². The summed E-state index contributed by atoms with van der Waals surface area (Å²) < 4.78 is 25.4. The first-order chi connectivity index (χ1) is 4.94. The van der Waals surface area contributed by atoms with E-state index in [0.717, 1.165) is 0 Å². The summed E-state index contributed by atoms with van der Waals surface area (Å²) in [6, 6.07) is 0. The second kappa shape index (κ2) is 2.08.